The van der Waals surface area contributed by atoms with Crippen LogP contribution in [0.3, 0.4) is 0 Å². The van der Waals surface area contributed by atoms with Gasteiger partial charge in [0.05, 0.1) is 9.79 Å². The molecule has 0 spiro atoms. The van der Waals surface area contributed by atoms with Crippen LogP contribution in [0.15, 0.2) is 45.0 Å². The summed E-state index contributed by atoms with van der Waals surface area (Å²) in [6.45, 7) is 0. The Bertz CT molecular complexity index is 703. The van der Waals surface area contributed by atoms with E-state index in [1.807, 2.05) is 0 Å². The summed E-state index contributed by atoms with van der Waals surface area (Å²) in [6.07, 6.45) is 1.17. The second-order valence-corrected chi connectivity index (χ2v) is 7.54. The second-order valence-electron chi connectivity index (χ2n) is 3.67. The fraction of sp³-hybridized carbons (Fsp3) is 0.0909. The Kier molecular flexibility index (Phi) is 4.35. The summed E-state index contributed by atoms with van der Waals surface area (Å²) in [5.74, 6) is 0. The number of nitrogens with zero attached hydrogens (tertiary/aromatic N) is 2. The van der Waals surface area contributed by atoms with Gasteiger partial charge in [0.2, 0.25) is 0 Å². The maximum atomic E-state index is 11.3. The molecular formula is C11H8Cl2N2O2S2. The Labute approximate surface area is 125 Å². The number of benzene rings is 1. The third-order valence-electron chi connectivity index (χ3n) is 2.17. The van der Waals surface area contributed by atoms with E-state index >= 15 is 0 Å². The molecule has 19 heavy (non-hydrogen) atoms. The van der Waals surface area contributed by atoms with Crippen molar-refractivity contribution in [2.75, 3.05) is 6.26 Å². The lowest BCUT2D eigenvalue weighted by Gasteiger charge is -2.04. The van der Waals surface area contributed by atoms with E-state index in [1.165, 1.54) is 18.0 Å². The Morgan fingerprint density at radius 1 is 1.11 bits per heavy atom. The van der Waals surface area contributed by atoms with Crippen LogP contribution >= 0.6 is 35.0 Å². The molecule has 4 nitrogen and oxygen atoms in total. The highest BCUT2D eigenvalue weighted by Gasteiger charge is 2.09. The molecule has 0 saturated heterocycles. The van der Waals surface area contributed by atoms with Gasteiger partial charge in [-0.3, -0.25) is 0 Å². The molecule has 8 heteroatoms. The third kappa shape index (κ3) is 3.82. The van der Waals surface area contributed by atoms with E-state index in [0.29, 0.717) is 4.90 Å². The zero-order chi connectivity index (χ0) is 14.0. The first-order chi connectivity index (χ1) is 8.86. The SMILES string of the molecule is CS(=O)(=O)c1ccc(Sc2cc(Cl)nnc2Cl)cc1. The van der Waals surface area contributed by atoms with Crippen LogP contribution in [0.4, 0.5) is 0 Å². The number of hydrogen-bond donors (Lipinski definition) is 0. The molecule has 1 heterocycles. The largest absolute Gasteiger partial charge is 0.224 e. The molecule has 2 rings (SSSR count). The van der Waals surface area contributed by atoms with E-state index in [1.54, 1.807) is 30.3 Å². The maximum Gasteiger partial charge on any atom is 0.175 e. The van der Waals surface area contributed by atoms with Crippen LogP contribution in [0.25, 0.3) is 0 Å². The number of aromatic nitrogens is 2. The normalized spacial score (nSPS) is 11.5. The van der Waals surface area contributed by atoms with E-state index < -0.39 is 9.84 Å². The minimum Gasteiger partial charge on any atom is -0.224 e. The van der Waals surface area contributed by atoms with Gasteiger partial charge in [0.15, 0.2) is 20.1 Å². The summed E-state index contributed by atoms with van der Waals surface area (Å²) >= 11 is 13.0. The van der Waals surface area contributed by atoms with Gasteiger partial charge in [-0.15, -0.1) is 10.2 Å². The molecule has 0 aliphatic rings. The van der Waals surface area contributed by atoms with Gasteiger partial charge in [-0.05, 0) is 30.3 Å². The van der Waals surface area contributed by atoms with Crippen LogP contribution in [0.5, 0.6) is 0 Å². The minimum absolute atomic E-state index is 0.250. The molecule has 100 valence electrons. The lowest BCUT2D eigenvalue weighted by molar-refractivity contribution is 0.602. The van der Waals surface area contributed by atoms with E-state index in [9.17, 15) is 8.42 Å². The molecule has 0 unspecified atom stereocenters. The summed E-state index contributed by atoms with van der Waals surface area (Å²) in [5, 5.41) is 7.82. The van der Waals surface area contributed by atoms with Crippen molar-refractivity contribution in [3.63, 3.8) is 0 Å². The zero-order valence-electron chi connectivity index (χ0n) is 9.67. The van der Waals surface area contributed by atoms with Gasteiger partial charge in [0.1, 0.15) is 0 Å². The third-order valence-corrected chi connectivity index (χ3v) is 4.91. The smallest absolute Gasteiger partial charge is 0.175 e. The predicted octanol–water partition coefficient (Wildman–Crippen LogP) is 3.34. The molecular weight excluding hydrogens is 327 g/mol. The van der Waals surface area contributed by atoms with Gasteiger partial charge in [-0.2, -0.15) is 0 Å². The molecule has 1 aromatic carbocycles. The molecule has 0 amide bonds. The second kappa shape index (κ2) is 5.66. The van der Waals surface area contributed by atoms with Crippen LogP contribution in [0.2, 0.25) is 10.3 Å². The number of sulfone groups is 1. The van der Waals surface area contributed by atoms with Crippen LogP contribution in [-0.2, 0) is 9.84 Å². The van der Waals surface area contributed by atoms with Crippen molar-refractivity contribution in [1.29, 1.82) is 0 Å². The molecule has 0 radical (unpaired) electrons. The molecule has 0 bridgehead atoms. The molecule has 2 aromatic rings. The van der Waals surface area contributed by atoms with Crippen molar-refractivity contribution in [2.45, 2.75) is 14.7 Å². The van der Waals surface area contributed by atoms with Crippen molar-refractivity contribution < 1.29 is 8.42 Å². The van der Waals surface area contributed by atoms with Gasteiger partial charge in [-0.25, -0.2) is 8.42 Å². The van der Waals surface area contributed by atoms with Crippen LogP contribution in [0, 0.1) is 0 Å². The van der Waals surface area contributed by atoms with Crippen molar-refractivity contribution in [3.05, 3.63) is 40.6 Å². The molecule has 0 aliphatic carbocycles. The molecule has 0 N–H and O–H groups in total. The van der Waals surface area contributed by atoms with E-state index in [-0.39, 0.29) is 15.2 Å². The first kappa shape index (κ1) is 14.6. The number of rotatable bonds is 3. The van der Waals surface area contributed by atoms with Crippen molar-refractivity contribution in [2.24, 2.45) is 0 Å². The number of hydrogen-bond acceptors (Lipinski definition) is 5. The van der Waals surface area contributed by atoms with Crippen LogP contribution in [0.1, 0.15) is 0 Å². The maximum absolute atomic E-state index is 11.3. The van der Waals surface area contributed by atoms with Gasteiger partial charge in [-0.1, -0.05) is 35.0 Å². The highest BCUT2D eigenvalue weighted by molar-refractivity contribution is 7.99. The Balaban J connectivity index is 2.27. The van der Waals surface area contributed by atoms with Crippen LogP contribution in [-0.4, -0.2) is 24.9 Å². The van der Waals surface area contributed by atoms with Crippen molar-refractivity contribution in [3.8, 4) is 0 Å². The minimum atomic E-state index is -3.19. The molecule has 0 atom stereocenters. The monoisotopic (exact) mass is 334 g/mol. The Morgan fingerprint density at radius 3 is 2.32 bits per heavy atom. The summed E-state index contributed by atoms with van der Waals surface area (Å²) < 4.78 is 22.7. The van der Waals surface area contributed by atoms with Crippen molar-refractivity contribution >= 4 is 44.8 Å². The molecule has 0 saturated carbocycles. The van der Waals surface area contributed by atoms with Crippen molar-refractivity contribution in [1.82, 2.24) is 10.2 Å². The Morgan fingerprint density at radius 2 is 1.74 bits per heavy atom. The van der Waals surface area contributed by atoms with E-state index in [4.69, 9.17) is 23.2 Å². The first-order valence-corrected chi connectivity index (χ1v) is 8.49. The summed E-state index contributed by atoms with van der Waals surface area (Å²) in [5.41, 5.74) is 0. The van der Waals surface area contributed by atoms with Gasteiger partial charge in [0, 0.05) is 11.2 Å². The predicted molar refractivity (Wildman–Crippen MR) is 75.7 cm³/mol. The fourth-order valence-corrected chi connectivity index (χ4v) is 3.16. The lowest BCUT2D eigenvalue weighted by atomic mass is 10.4. The lowest BCUT2D eigenvalue weighted by Crippen LogP contribution is -1.96. The average Bonchev–Trinajstić information content (AvgIpc) is 2.33. The summed E-state index contributed by atoms with van der Waals surface area (Å²) in [6, 6.07) is 8.09. The first-order valence-electron chi connectivity index (χ1n) is 5.03. The summed E-state index contributed by atoms with van der Waals surface area (Å²) in [7, 11) is -3.19. The summed E-state index contributed by atoms with van der Waals surface area (Å²) in [4.78, 5) is 1.76. The number of halogens is 2. The fourth-order valence-electron chi connectivity index (χ4n) is 1.29. The average molecular weight is 335 g/mol. The van der Waals surface area contributed by atoms with Gasteiger partial charge in [0.25, 0.3) is 0 Å². The molecule has 0 aliphatic heterocycles. The quantitative estimate of drug-likeness (QED) is 0.861. The van der Waals surface area contributed by atoms with E-state index in [2.05, 4.69) is 10.2 Å². The van der Waals surface area contributed by atoms with Gasteiger partial charge < -0.3 is 0 Å². The topological polar surface area (TPSA) is 59.9 Å². The highest BCUT2D eigenvalue weighted by atomic mass is 35.5. The Hall–Kier alpha value is -0.820. The molecule has 1 aromatic heterocycles. The van der Waals surface area contributed by atoms with E-state index in [0.717, 1.165) is 4.90 Å². The van der Waals surface area contributed by atoms with Crippen LogP contribution < -0.4 is 0 Å². The molecule has 0 fully saturated rings. The standard InChI is InChI=1S/C11H8Cl2N2O2S2/c1-19(16,17)8-4-2-7(3-5-8)18-9-6-10(12)14-15-11(9)13/h2-6H,1H3. The highest BCUT2D eigenvalue weighted by Crippen LogP contribution is 2.33. The zero-order valence-corrected chi connectivity index (χ0v) is 12.8. The van der Waals surface area contributed by atoms with Gasteiger partial charge >= 0.3 is 0 Å².